The fraction of sp³-hybridized carbons (Fsp3) is 0.286. The summed E-state index contributed by atoms with van der Waals surface area (Å²) in [6.07, 6.45) is 0.289. The largest absolute Gasteiger partial charge is 0.422 e. The third-order valence-corrected chi connectivity index (χ3v) is 4.57. The SMILES string of the molecule is CC1(C)OC(=O)C(C(=O)CCc2ccc(-c3cc(Cl)ccc3F)cc2)C(=O)O1. The predicted molar refractivity (Wildman–Crippen MR) is 99.9 cm³/mol. The summed E-state index contributed by atoms with van der Waals surface area (Å²) < 4.78 is 23.9. The van der Waals surface area contributed by atoms with Crippen LogP contribution in [0.25, 0.3) is 11.1 Å². The molecular formula is C21H18ClFO5. The van der Waals surface area contributed by atoms with Gasteiger partial charge in [-0.3, -0.25) is 14.4 Å². The minimum atomic E-state index is -1.55. The topological polar surface area (TPSA) is 69.7 Å². The van der Waals surface area contributed by atoms with Crippen molar-refractivity contribution in [3.8, 4) is 11.1 Å². The second-order valence-electron chi connectivity index (χ2n) is 6.96. The van der Waals surface area contributed by atoms with E-state index in [2.05, 4.69) is 0 Å². The van der Waals surface area contributed by atoms with E-state index < -0.39 is 29.4 Å². The monoisotopic (exact) mass is 404 g/mol. The van der Waals surface area contributed by atoms with Crippen LogP contribution >= 0.6 is 11.6 Å². The zero-order valence-electron chi connectivity index (χ0n) is 15.3. The van der Waals surface area contributed by atoms with Crippen LogP contribution in [0, 0.1) is 11.7 Å². The van der Waals surface area contributed by atoms with Crippen molar-refractivity contribution in [1.29, 1.82) is 0 Å². The van der Waals surface area contributed by atoms with Crippen molar-refractivity contribution < 1.29 is 28.2 Å². The highest BCUT2D eigenvalue weighted by molar-refractivity contribution is 6.30. The van der Waals surface area contributed by atoms with Crippen LogP contribution in [-0.4, -0.2) is 23.5 Å². The quantitative estimate of drug-likeness (QED) is 0.554. The maximum absolute atomic E-state index is 14.0. The summed E-state index contributed by atoms with van der Waals surface area (Å²) in [7, 11) is 0. The Kier molecular flexibility index (Phi) is 5.52. The Morgan fingerprint density at radius 1 is 1.07 bits per heavy atom. The Labute approximate surface area is 166 Å². The van der Waals surface area contributed by atoms with Gasteiger partial charge in [0.15, 0.2) is 5.78 Å². The number of esters is 2. The van der Waals surface area contributed by atoms with Gasteiger partial charge < -0.3 is 9.47 Å². The molecule has 1 fully saturated rings. The molecule has 28 heavy (non-hydrogen) atoms. The lowest BCUT2D eigenvalue weighted by Gasteiger charge is -2.32. The van der Waals surface area contributed by atoms with Gasteiger partial charge in [-0.1, -0.05) is 35.9 Å². The lowest BCUT2D eigenvalue weighted by Crippen LogP contribution is -2.49. The number of carbonyl (C=O) groups is 3. The Hall–Kier alpha value is -2.73. The minimum Gasteiger partial charge on any atom is -0.422 e. The molecule has 0 unspecified atom stereocenters. The van der Waals surface area contributed by atoms with Crippen LogP contribution in [0.3, 0.4) is 0 Å². The summed E-state index contributed by atoms with van der Waals surface area (Å²) in [5.41, 5.74) is 1.83. The summed E-state index contributed by atoms with van der Waals surface area (Å²) in [5, 5.41) is 0.431. The van der Waals surface area contributed by atoms with E-state index in [4.69, 9.17) is 21.1 Å². The molecule has 3 rings (SSSR count). The number of hydrogen-bond donors (Lipinski definition) is 0. The van der Waals surface area contributed by atoms with Gasteiger partial charge in [0.1, 0.15) is 5.82 Å². The number of ether oxygens (including phenoxy) is 2. The molecule has 5 nitrogen and oxygen atoms in total. The van der Waals surface area contributed by atoms with Crippen LogP contribution in [0.1, 0.15) is 25.8 Å². The van der Waals surface area contributed by atoms with Crippen LogP contribution in [0.2, 0.25) is 5.02 Å². The summed E-state index contributed by atoms with van der Waals surface area (Å²) in [6, 6.07) is 11.3. The molecule has 1 aliphatic heterocycles. The number of cyclic esters (lactones) is 2. The van der Waals surface area contributed by atoms with Crippen LogP contribution in [0.5, 0.6) is 0 Å². The van der Waals surface area contributed by atoms with Gasteiger partial charge in [-0.15, -0.1) is 0 Å². The molecule has 0 aromatic heterocycles. The smallest absolute Gasteiger partial charge is 0.331 e. The van der Waals surface area contributed by atoms with Gasteiger partial charge in [-0.25, -0.2) is 4.39 Å². The lowest BCUT2D eigenvalue weighted by molar-refractivity contribution is -0.238. The number of ketones is 1. The van der Waals surface area contributed by atoms with Crippen molar-refractivity contribution in [3.63, 3.8) is 0 Å². The number of halogens is 2. The summed E-state index contributed by atoms with van der Waals surface area (Å²) >= 11 is 5.92. The first-order valence-electron chi connectivity index (χ1n) is 8.69. The van der Waals surface area contributed by atoms with E-state index in [1.165, 1.54) is 32.0 Å². The Morgan fingerprint density at radius 2 is 1.68 bits per heavy atom. The van der Waals surface area contributed by atoms with E-state index in [1.807, 2.05) is 0 Å². The molecule has 1 heterocycles. The van der Waals surface area contributed by atoms with Gasteiger partial charge >= 0.3 is 11.9 Å². The molecule has 2 aromatic carbocycles. The molecule has 0 radical (unpaired) electrons. The van der Waals surface area contributed by atoms with E-state index in [0.717, 1.165) is 5.56 Å². The molecule has 7 heteroatoms. The summed E-state index contributed by atoms with van der Waals surface area (Å²) in [4.78, 5) is 36.2. The van der Waals surface area contributed by atoms with E-state index in [1.54, 1.807) is 24.3 Å². The van der Waals surface area contributed by atoms with Gasteiger partial charge in [0.25, 0.3) is 5.79 Å². The standard InChI is InChI=1S/C21H18ClFO5/c1-21(2)27-19(25)18(20(26)28-21)17(24)10-5-12-3-6-13(7-4-12)15-11-14(22)8-9-16(15)23/h3-4,6-9,11,18H,5,10H2,1-2H3. The second kappa shape index (κ2) is 7.72. The first-order chi connectivity index (χ1) is 13.2. The van der Waals surface area contributed by atoms with Crippen molar-refractivity contribution in [2.24, 2.45) is 5.92 Å². The van der Waals surface area contributed by atoms with Gasteiger partial charge in [-0.2, -0.15) is 0 Å². The van der Waals surface area contributed by atoms with E-state index in [-0.39, 0.29) is 12.2 Å². The molecule has 0 bridgehead atoms. The number of benzene rings is 2. The van der Waals surface area contributed by atoms with Crippen LogP contribution in [0.15, 0.2) is 42.5 Å². The normalized spacial score (nSPS) is 16.4. The molecule has 0 aliphatic carbocycles. The van der Waals surface area contributed by atoms with Crippen molar-refractivity contribution in [3.05, 3.63) is 58.9 Å². The maximum atomic E-state index is 14.0. The van der Waals surface area contributed by atoms with Crippen molar-refractivity contribution in [2.75, 3.05) is 0 Å². The van der Waals surface area contributed by atoms with Crippen molar-refractivity contribution in [1.82, 2.24) is 0 Å². The highest BCUT2D eigenvalue weighted by atomic mass is 35.5. The maximum Gasteiger partial charge on any atom is 0.331 e. The number of aryl methyl sites for hydroxylation is 1. The molecule has 0 amide bonds. The van der Waals surface area contributed by atoms with E-state index in [9.17, 15) is 18.8 Å². The highest BCUT2D eigenvalue weighted by Crippen LogP contribution is 2.27. The van der Waals surface area contributed by atoms with Gasteiger partial charge in [0, 0.05) is 30.9 Å². The molecular weight excluding hydrogens is 387 g/mol. The first-order valence-corrected chi connectivity index (χ1v) is 9.07. The first kappa shape index (κ1) is 20.0. The average Bonchev–Trinajstić information content (AvgIpc) is 2.61. The van der Waals surface area contributed by atoms with E-state index in [0.29, 0.717) is 22.6 Å². The molecule has 146 valence electrons. The lowest BCUT2D eigenvalue weighted by atomic mass is 9.96. The van der Waals surface area contributed by atoms with Crippen LogP contribution < -0.4 is 0 Å². The summed E-state index contributed by atoms with van der Waals surface area (Å²) in [6.45, 7) is 2.85. The number of hydrogen-bond acceptors (Lipinski definition) is 5. The second-order valence-corrected chi connectivity index (χ2v) is 7.40. The number of carbonyl (C=O) groups excluding carboxylic acids is 3. The highest BCUT2D eigenvalue weighted by Gasteiger charge is 2.46. The predicted octanol–water partition coefficient (Wildman–Crippen LogP) is 4.10. The van der Waals surface area contributed by atoms with Gasteiger partial charge in [0.2, 0.25) is 5.92 Å². The molecule has 2 aromatic rings. The Morgan fingerprint density at radius 3 is 2.29 bits per heavy atom. The van der Waals surface area contributed by atoms with Gasteiger partial charge in [-0.05, 0) is 35.7 Å². The average molecular weight is 405 g/mol. The third-order valence-electron chi connectivity index (χ3n) is 4.34. The molecule has 0 saturated carbocycles. The van der Waals surface area contributed by atoms with Crippen molar-refractivity contribution in [2.45, 2.75) is 32.5 Å². The Bertz CT molecular complexity index is 916. The Balaban J connectivity index is 1.65. The fourth-order valence-electron chi connectivity index (χ4n) is 2.96. The minimum absolute atomic E-state index is 0.0276. The molecule has 0 N–H and O–H groups in total. The zero-order chi connectivity index (χ0) is 20.5. The van der Waals surface area contributed by atoms with Gasteiger partial charge in [0.05, 0.1) is 0 Å². The van der Waals surface area contributed by atoms with Crippen LogP contribution in [-0.2, 0) is 30.3 Å². The molecule has 1 aliphatic rings. The number of rotatable bonds is 5. The molecule has 1 saturated heterocycles. The molecule has 0 atom stereocenters. The summed E-state index contributed by atoms with van der Waals surface area (Å²) in [5.74, 6) is -5.64. The van der Waals surface area contributed by atoms with Crippen LogP contribution in [0.4, 0.5) is 4.39 Å². The van der Waals surface area contributed by atoms with E-state index >= 15 is 0 Å². The third kappa shape index (κ3) is 4.39. The fourth-order valence-corrected chi connectivity index (χ4v) is 3.14. The van der Waals surface area contributed by atoms with Crippen molar-refractivity contribution >= 4 is 29.3 Å². The number of Topliss-reactive ketones (excluding diaryl/α,β-unsaturated/α-hetero) is 1. The zero-order valence-corrected chi connectivity index (χ0v) is 16.1. The molecule has 0 spiro atoms.